The van der Waals surface area contributed by atoms with Gasteiger partial charge in [0.1, 0.15) is 0 Å². The summed E-state index contributed by atoms with van der Waals surface area (Å²) in [5.74, 6) is 2.53. The Balaban J connectivity index is 1.01. The van der Waals surface area contributed by atoms with E-state index in [4.69, 9.17) is 4.74 Å². The lowest BCUT2D eigenvalue weighted by Gasteiger charge is -2.43. The average molecular weight is 919 g/mol. The summed E-state index contributed by atoms with van der Waals surface area (Å²) in [4.78, 5) is 0. The van der Waals surface area contributed by atoms with E-state index in [0.717, 1.165) is 83.4 Å². The Kier molecular flexibility index (Phi) is 18.6. The van der Waals surface area contributed by atoms with Crippen molar-refractivity contribution in [2.75, 3.05) is 0 Å². The molecule has 4 saturated carbocycles. The van der Waals surface area contributed by atoms with Gasteiger partial charge in [-0.15, -0.1) is 0 Å². The van der Waals surface area contributed by atoms with Gasteiger partial charge in [0.05, 0.1) is 12.2 Å². The van der Waals surface area contributed by atoms with Crippen LogP contribution in [0.5, 0.6) is 0 Å². The van der Waals surface area contributed by atoms with Crippen molar-refractivity contribution in [1.82, 2.24) is 0 Å². The molecule has 5 heteroatoms. The van der Waals surface area contributed by atoms with Gasteiger partial charge < -0.3 is 4.74 Å². The van der Waals surface area contributed by atoms with Crippen LogP contribution in [0.15, 0.2) is 84.9 Å². The Morgan fingerprint density at radius 1 is 0.373 bits per heavy atom. The minimum atomic E-state index is -0.835. The van der Waals surface area contributed by atoms with Gasteiger partial charge in [0, 0.05) is 0 Å². The zero-order valence-electron chi connectivity index (χ0n) is 41.2. The summed E-state index contributed by atoms with van der Waals surface area (Å²) in [7, 11) is 0. The van der Waals surface area contributed by atoms with Crippen molar-refractivity contribution in [3.8, 4) is 22.3 Å². The van der Waals surface area contributed by atoms with E-state index in [1.807, 2.05) is 0 Å². The topological polar surface area (TPSA) is 9.23 Å². The Bertz CT molecular complexity index is 1910. The molecular formula is C62H82F4O. The van der Waals surface area contributed by atoms with E-state index in [9.17, 15) is 17.6 Å². The fourth-order valence-corrected chi connectivity index (χ4v) is 13.6. The Morgan fingerprint density at radius 2 is 0.701 bits per heavy atom. The zero-order valence-corrected chi connectivity index (χ0v) is 41.2. The lowest BCUT2D eigenvalue weighted by Crippen LogP contribution is -2.31. The van der Waals surface area contributed by atoms with E-state index in [-0.39, 0.29) is 12.2 Å². The van der Waals surface area contributed by atoms with Gasteiger partial charge in [-0.05, 0) is 182 Å². The van der Waals surface area contributed by atoms with Gasteiger partial charge in [-0.3, -0.25) is 0 Å². The van der Waals surface area contributed by atoms with E-state index < -0.39 is 23.3 Å². The maximum atomic E-state index is 14.4. The van der Waals surface area contributed by atoms with E-state index in [2.05, 4.69) is 62.4 Å². The molecule has 4 aliphatic carbocycles. The minimum absolute atomic E-state index is 0.111. The molecule has 0 radical (unpaired) electrons. The molecule has 4 aromatic carbocycles. The second-order valence-electron chi connectivity index (χ2n) is 22.1. The minimum Gasteiger partial charge on any atom is -0.365 e. The number of halogens is 4. The van der Waals surface area contributed by atoms with Crippen molar-refractivity contribution >= 4 is 0 Å². The van der Waals surface area contributed by atoms with Crippen molar-refractivity contribution in [1.29, 1.82) is 0 Å². The van der Waals surface area contributed by atoms with E-state index in [0.29, 0.717) is 23.0 Å². The normalized spacial score (nSPS) is 26.8. The van der Waals surface area contributed by atoms with Crippen LogP contribution in [0.25, 0.3) is 22.3 Å². The van der Waals surface area contributed by atoms with Crippen molar-refractivity contribution in [2.24, 2.45) is 47.3 Å². The third kappa shape index (κ3) is 13.5. The summed E-state index contributed by atoms with van der Waals surface area (Å²) in [6, 6.07) is 25.2. The smallest absolute Gasteiger partial charge is 0.159 e. The Hall–Kier alpha value is -3.44. The molecule has 0 aromatic heterocycles. The largest absolute Gasteiger partial charge is 0.365 e. The molecule has 8 rings (SSSR count). The first-order valence-electron chi connectivity index (χ1n) is 27.5. The van der Waals surface area contributed by atoms with E-state index in [1.165, 1.54) is 166 Å². The van der Waals surface area contributed by atoms with Crippen LogP contribution in [0.3, 0.4) is 0 Å². The van der Waals surface area contributed by atoms with Crippen LogP contribution in [-0.4, -0.2) is 0 Å². The second kappa shape index (κ2) is 24.9. The molecule has 0 saturated heterocycles. The highest BCUT2D eigenvalue weighted by atomic mass is 19.2. The number of ether oxygens (including phenoxy) is 1. The van der Waals surface area contributed by atoms with Gasteiger partial charge in [-0.25, -0.2) is 17.6 Å². The predicted octanol–water partition coefficient (Wildman–Crippen LogP) is 19.5. The molecular weight excluding hydrogens is 837 g/mol. The first-order chi connectivity index (χ1) is 32.8. The summed E-state index contributed by atoms with van der Waals surface area (Å²) < 4.78 is 64.4. The van der Waals surface area contributed by atoms with Crippen molar-refractivity contribution in [3.63, 3.8) is 0 Å². The first-order valence-corrected chi connectivity index (χ1v) is 27.5. The number of hydrogen-bond acceptors (Lipinski definition) is 1. The highest BCUT2D eigenvalue weighted by Crippen LogP contribution is 2.51. The number of rotatable bonds is 20. The van der Waals surface area contributed by atoms with Crippen LogP contribution < -0.4 is 0 Å². The van der Waals surface area contributed by atoms with Gasteiger partial charge in [0.25, 0.3) is 0 Å². The molecule has 0 heterocycles. The Morgan fingerprint density at radius 3 is 1.03 bits per heavy atom. The molecule has 0 bridgehead atoms. The molecule has 4 fully saturated rings. The van der Waals surface area contributed by atoms with Crippen molar-refractivity contribution in [2.45, 2.75) is 193 Å². The van der Waals surface area contributed by atoms with Crippen LogP contribution in [0.2, 0.25) is 0 Å². The molecule has 0 aliphatic heterocycles. The van der Waals surface area contributed by atoms with Gasteiger partial charge in [0.15, 0.2) is 23.3 Å². The average Bonchev–Trinajstić information content (AvgIpc) is 3.37. The molecule has 1 nitrogen and oxygen atoms in total. The lowest BCUT2D eigenvalue weighted by molar-refractivity contribution is -0.0934. The van der Waals surface area contributed by atoms with Crippen molar-refractivity contribution in [3.05, 3.63) is 119 Å². The molecule has 4 aromatic rings. The maximum Gasteiger partial charge on any atom is 0.159 e. The molecule has 0 amide bonds. The fourth-order valence-electron chi connectivity index (χ4n) is 13.6. The number of hydrogen-bond donors (Lipinski definition) is 0. The quantitative estimate of drug-likeness (QED) is 0.0634. The molecule has 0 spiro atoms. The molecule has 4 aliphatic rings. The van der Waals surface area contributed by atoms with Gasteiger partial charge in [0.2, 0.25) is 0 Å². The number of unbranched alkanes of at least 4 members (excludes halogenated alkanes) is 6. The third-order valence-electron chi connectivity index (χ3n) is 17.8. The van der Waals surface area contributed by atoms with Crippen LogP contribution >= 0.6 is 0 Å². The predicted molar refractivity (Wildman–Crippen MR) is 269 cm³/mol. The molecule has 0 N–H and O–H groups in total. The second-order valence-corrected chi connectivity index (χ2v) is 22.1. The van der Waals surface area contributed by atoms with Crippen LogP contribution in [-0.2, 0) is 4.74 Å². The van der Waals surface area contributed by atoms with Gasteiger partial charge >= 0.3 is 0 Å². The summed E-state index contributed by atoms with van der Waals surface area (Å²) in [5, 5.41) is 0. The summed E-state index contributed by atoms with van der Waals surface area (Å²) in [6.07, 6.45) is 34.4. The van der Waals surface area contributed by atoms with Crippen molar-refractivity contribution < 1.29 is 22.3 Å². The molecule has 67 heavy (non-hydrogen) atoms. The van der Waals surface area contributed by atoms with Gasteiger partial charge in [-0.2, -0.15) is 0 Å². The lowest BCUT2D eigenvalue weighted by atomic mass is 9.67. The fraction of sp³-hybridized carbons (Fsp3) is 0.613. The SMILES string of the molecule is CCCCCCC1CCC(C2CCC(C(OC(c3ccc(-c4ccc(F)c(F)c4)cc3)C3CCC(C4CCC(CCCCCC)CC4)CC3)c3ccc(-c4ccc(F)c(F)c4)cc3)CC2)CC1. The highest BCUT2D eigenvalue weighted by molar-refractivity contribution is 5.64. The molecule has 2 unspecified atom stereocenters. The van der Waals surface area contributed by atoms with Gasteiger partial charge in [-0.1, -0.05) is 164 Å². The standard InChI is InChI=1S/C62H82F4O/c1-3-5-7-9-11-43-13-17-45(18-14-43)47-21-29-51(30-22-47)61(53-33-25-49(26-34-53)55-37-39-57(63)59(65)41-55)67-62(54-35-27-50(28-36-54)56-38-40-58(64)60(66)42-56)52-31-23-48(24-32-52)46-19-15-44(16-20-46)12-10-8-6-4-2/h25-28,33-48,51-52,61-62H,3-24,29-32H2,1-2H3. The number of benzene rings is 4. The van der Waals surface area contributed by atoms with E-state index in [1.54, 1.807) is 12.1 Å². The summed E-state index contributed by atoms with van der Waals surface area (Å²) in [6.45, 7) is 4.60. The third-order valence-corrected chi connectivity index (χ3v) is 17.8. The summed E-state index contributed by atoms with van der Waals surface area (Å²) in [5.41, 5.74) is 5.35. The van der Waals surface area contributed by atoms with Crippen LogP contribution in [0.1, 0.15) is 204 Å². The summed E-state index contributed by atoms with van der Waals surface area (Å²) >= 11 is 0. The monoisotopic (exact) mass is 919 g/mol. The molecule has 2 atom stereocenters. The molecule has 364 valence electrons. The maximum absolute atomic E-state index is 14.4. The van der Waals surface area contributed by atoms with Crippen LogP contribution in [0.4, 0.5) is 17.6 Å². The van der Waals surface area contributed by atoms with E-state index >= 15 is 0 Å². The van der Waals surface area contributed by atoms with Crippen LogP contribution in [0, 0.1) is 70.6 Å². The first kappa shape index (κ1) is 50.0. The Labute approximate surface area is 402 Å². The zero-order chi connectivity index (χ0) is 46.5. The highest BCUT2D eigenvalue weighted by Gasteiger charge is 2.39.